The number of rotatable bonds is 10. The fourth-order valence-electron chi connectivity index (χ4n) is 3.98. The van der Waals surface area contributed by atoms with Gasteiger partial charge in [-0.05, 0) is 57.0 Å². The molecule has 2 fully saturated rings. The molecular weight excluding hydrogens is 352 g/mol. The summed E-state index contributed by atoms with van der Waals surface area (Å²) < 4.78 is 11.8. The zero-order valence-electron chi connectivity index (χ0n) is 17.6. The highest BCUT2D eigenvalue weighted by atomic mass is 16.5. The number of nitrogens with zero attached hydrogens (tertiary/aromatic N) is 2. The van der Waals surface area contributed by atoms with Crippen LogP contribution in [0.15, 0.2) is 29.3 Å². The molecule has 3 unspecified atom stereocenters. The van der Waals surface area contributed by atoms with Crippen LogP contribution in [0.1, 0.15) is 45.6 Å². The Balaban J connectivity index is 1.47. The minimum Gasteiger partial charge on any atom is -0.492 e. The van der Waals surface area contributed by atoms with Crippen molar-refractivity contribution in [2.45, 2.75) is 64.8 Å². The van der Waals surface area contributed by atoms with Crippen LogP contribution < -0.4 is 15.4 Å². The number of guanidine groups is 1. The van der Waals surface area contributed by atoms with E-state index in [4.69, 9.17) is 14.5 Å². The maximum absolute atomic E-state index is 5.94. The molecule has 28 heavy (non-hydrogen) atoms. The topological polar surface area (TPSA) is 58.1 Å². The van der Waals surface area contributed by atoms with Gasteiger partial charge in [-0.3, -0.25) is 0 Å². The molecule has 3 rings (SSSR count). The summed E-state index contributed by atoms with van der Waals surface area (Å²) in [6, 6.07) is 8.66. The van der Waals surface area contributed by atoms with E-state index in [0.29, 0.717) is 24.8 Å². The first-order chi connectivity index (χ1) is 13.7. The highest BCUT2D eigenvalue weighted by Crippen LogP contribution is 2.34. The minimum atomic E-state index is 0.349. The average Bonchev–Trinajstić information content (AvgIpc) is 3.34. The lowest BCUT2D eigenvalue weighted by Crippen LogP contribution is -2.47. The number of aliphatic imine (C=N–C) groups is 1. The summed E-state index contributed by atoms with van der Waals surface area (Å²) in [6.45, 7) is 11.8. The van der Waals surface area contributed by atoms with Crippen molar-refractivity contribution in [3.8, 4) is 5.75 Å². The van der Waals surface area contributed by atoms with Crippen LogP contribution in [-0.4, -0.2) is 61.9 Å². The fourth-order valence-corrected chi connectivity index (χ4v) is 3.98. The van der Waals surface area contributed by atoms with Gasteiger partial charge < -0.3 is 25.0 Å². The number of nitrogens with one attached hydrogen (secondary N) is 2. The third kappa shape index (κ3) is 5.85. The second-order valence-corrected chi connectivity index (χ2v) is 7.57. The molecule has 6 heteroatoms. The van der Waals surface area contributed by atoms with Gasteiger partial charge in [0.25, 0.3) is 0 Å². The summed E-state index contributed by atoms with van der Waals surface area (Å²) in [4.78, 5) is 7.12. The Morgan fingerprint density at radius 3 is 2.57 bits per heavy atom. The van der Waals surface area contributed by atoms with Gasteiger partial charge in [0.15, 0.2) is 5.96 Å². The van der Waals surface area contributed by atoms with Gasteiger partial charge in [-0.15, -0.1) is 0 Å². The predicted octanol–water partition coefficient (Wildman–Crippen LogP) is 2.78. The molecule has 0 aliphatic carbocycles. The monoisotopic (exact) mass is 388 g/mol. The normalized spacial score (nSPS) is 24.0. The van der Waals surface area contributed by atoms with Gasteiger partial charge in [0, 0.05) is 13.1 Å². The predicted molar refractivity (Wildman–Crippen MR) is 114 cm³/mol. The quantitative estimate of drug-likeness (QED) is 0.477. The summed E-state index contributed by atoms with van der Waals surface area (Å²) in [5.74, 6) is 1.80. The van der Waals surface area contributed by atoms with Gasteiger partial charge in [-0.2, -0.15) is 0 Å². The van der Waals surface area contributed by atoms with Crippen LogP contribution in [0.3, 0.4) is 0 Å². The first-order valence-corrected chi connectivity index (χ1v) is 10.9. The smallest absolute Gasteiger partial charge is 0.191 e. The summed E-state index contributed by atoms with van der Waals surface area (Å²) in [6.07, 6.45) is 4.26. The highest BCUT2D eigenvalue weighted by molar-refractivity contribution is 5.80. The Kier molecular flexibility index (Phi) is 7.98. The second-order valence-electron chi connectivity index (χ2n) is 7.57. The number of ether oxygens (including phenoxy) is 2. The van der Waals surface area contributed by atoms with Gasteiger partial charge in [0.2, 0.25) is 0 Å². The van der Waals surface area contributed by atoms with E-state index in [9.17, 15) is 0 Å². The van der Waals surface area contributed by atoms with Crippen LogP contribution in [0.2, 0.25) is 0 Å². The number of benzene rings is 1. The molecule has 6 nitrogen and oxygen atoms in total. The number of fused-ring (bicyclic) bond motifs is 2. The molecule has 0 spiro atoms. The maximum atomic E-state index is 5.94. The molecule has 0 amide bonds. The molecule has 1 aromatic rings. The lowest BCUT2D eigenvalue weighted by atomic mass is 9.96. The van der Waals surface area contributed by atoms with Crippen molar-refractivity contribution in [1.29, 1.82) is 0 Å². The molecule has 0 radical (unpaired) electrons. The van der Waals surface area contributed by atoms with Crippen LogP contribution in [0.5, 0.6) is 5.75 Å². The first-order valence-electron chi connectivity index (χ1n) is 10.9. The first kappa shape index (κ1) is 20.9. The van der Waals surface area contributed by atoms with Gasteiger partial charge in [-0.25, -0.2) is 4.99 Å². The van der Waals surface area contributed by atoms with E-state index in [-0.39, 0.29) is 0 Å². The molecule has 2 heterocycles. The zero-order valence-corrected chi connectivity index (χ0v) is 17.6. The summed E-state index contributed by atoms with van der Waals surface area (Å²) in [5, 5.41) is 6.92. The van der Waals surface area contributed by atoms with Gasteiger partial charge in [0.1, 0.15) is 12.4 Å². The van der Waals surface area contributed by atoms with Gasteiger partial charge in [-0.1, -0.05) is 26.0 Å². The third-order valence-corrected chi connectivity index (χ3v) is 5.69. The number of hydrogen-bond donors (Lipinski definition) is 2. The summed E-state index contributed by atoms with van der Waals surface area (Å²) >= 11 is 0. The van der Waals surface area contributed by atoms with E-state index < -0.39 is 0 Å². The van der Waals surface area contributed by atoms with E-state index in [0.717, 1.165) is 57.3 Å². The van der Waals surface area contributed by atoms with Crippen molar-refractivity contribution in [2.75, 3.05) is 32.8 Å². The molecule has 2 saturated heterocycles. The molecule has 2 aliphatic heterocycles. The summed E-state index contributed by atoms with van der Waals surface area (Å²) in [5.41, 5.74) is 1.18. The van der Waals surface area contributed by atoms with Crippen LogP contribution >= 0.6 is 0 Å². The SMILES string of the molecule is CCNC(=NCc1ccc(OCCN(CC)CC)cc1)NC1CC2CCC1O2. The molecule has 0 saturated carbocycles. The Morgan fingerprint density at radius 2 is 1.96 bits per heavy atom. The molecule has 2 N–H and O–H groups in total. The van der Waals surface area contributed by atoms with Crippen LogP contribution in [0, 0.1) is 0 Å². The van der Waals surface area contributed by atoms with Crippen molar-refractivity contribution >= 4 is 5.96 Å². The molecule has 156 valence electrons. The Morgan fingerprint density at radius 1 is 1.18 bits per heavy atom. The zero-order chi connectivity index (χ0) is 19.8. The standard InChI is InChI=1S/C22H36N4O2/c1-4-23-22(25-20-15-19-11-12-21(20)28-19)24-16-17-7-9-18(10-8-17)27-14-13-26(5-2)6-3/h7-10,19-21H,4-6,11-16H2,1-3H3,(H2,23,24,25). The van der Waals surface area contributed by atoms with Crippen molar-refractivity contribution < 1.29 is 9.47 Å². The summed E-state index contributed by atoms with van der Waals surface area (Å²) in [7, 11) is 0. The third-order valence-electron chi connectivity index (χ3n) is 5.69. The lowest BCUT2D eigenvalue weighted by Gasteiger charge is -2.22. The molecule has 2 aliphatic rings. The lowest BCUT2D eigenvalue weighted by molar-refractivity contribution is 0.0992. The van der Waals surface area contributed by atoms with Crippen LogP contribution in [0.4, 0.5) is 0 Å². The van der Waals surface area contributed by atoms with Crippen molar-refractivity contribution in [3.05, 3.63) is 29.8 Å². The number of hydrogen-bond acceptors (Lipinski definition) is 4. The Hall–Kier alpha value is -1.79. The van der Waals surface area contributed by atoms with Crippen molar-refractivity contribution in [2.24, 2.45) is 4.99 Å². The van der Waals surface area contributed by atoms with Crippen LogP contribution in [-0.2, 0) is 11.3 Å². The fraction of sp³-hybridized carbons (Fsp3) is 0.682. The molecule has 2 bridgehead atoms. The van der Waals surface area contributed by atoms with E-state index >= 15 is 0 Å². The van der Waals surface area contributed by atoms with E-state index in [2.05, 4.69) is 48.4 Å². The van der Waals surface area contributed by atoms with Crippen molar-refractivity contribution in [3.63, 3.8) is 0 Å². The molecular formula is C22H36N4O2. The Bertz CT molecular complexity index is 615. The van der Waals surface area contributed by atoms with Crippen LogP contribution in [0.25, 0.3) is 0 Å². The molecule has 1 aromatic carbocycles. The molecule has 3 atom stereocenters. The highest BCUT2D eigenvalue weighted by Gasteiger charge is 2.41. The number of likely N-dealkylation sites (N-methyl/N-ethyl adjacent to an activating group) is 1. The van der Waals surface area contributed by atoms with E-state index in [1.807, 2.05) is 12.1 Å². The Labute approximate surface area is 169 Å². The average molecular weight is 389 g/mol. The maximum Gasteiger partial charge on any atom is 0.191 e. The van der Waals surface area contributed by atoms with E-state index in [1.165, 1.54) is 12.0 Å². The van der Waals surface area contributed by atoms with Crippen molar-refractivity contribution in [1.82, 2.24) is 15.5 Å². The minimum absolute atomic E-state index is 0.349. The van der Waals surface area contributed by atoms with Gasteiger partial charge in [0.05, 0.1) is 24.8 Å². The van der Waals surface area contributed by atoms with E-state index in [1.54, 1.807) is 0 Å². The van der Waals surface area contributed by atoms with Gasteiger partial charge >= 0.3 is 0 Å². The largest absolute Gasteiger partial charge is 0.492 e. The molecule has 0 aromatic heterocycles. The second kappa shape index (κ2) is 10.7.